The highest BCUT2D eigenvalue weighted by atomic mass is 32.2. The Bertz CT molecular complexity index is 900. The Morgan fingerprint density at radius 2 is 1.89 bits per heavy atom. The highest BCUT2D eigenvalue weighted by molar-refractivity contribution is 7.89. The quantitative estimate of drug-likeness (QED) is 0.676. The second-order valence-electron chi connectivity index (χ2n) is 6.17. The van der Waals surface area contributed by atoms with Crippen LogP contribution in [0.25, 0.3) is 0 Å². The molecule has 0 fully saturated rings. The largest absolute Gasteiger partial charge is 0.383 e. The molecule has 6 nitrogen and oxygen atoms in total. The van der Waals surface area contributed by atoms with Gasteiger partial charge in [-0.1, -0.05) is 18.2 Å². The van der Waals surface area contributed by atoms with E-state index in [-0.39, 0.29) is 35.0 Å². The summed E-state index contributed by atoms with van der Waals surface area (Å²) in [6, 6.07) is 5.13. The van der Waals surface area contributed by atoms with Gasteiger partial charge in [0.05, 0.1) is 18.0 Å². The smallest absolute Gasteiger partial charge is 0.333 e. The second-order valence-corrected chi connectivity index (χ2v) is 8.00. The van der Waals surface area contributed by atoms with Gasteiger partial charge in [-0.3, -0.25) is 0 Å². The molecule has 0 saturated heterocycles. The summed E-state index contributed by atoms with van der Waals surface area (Å²) in [4.78, 5) is -0.304. The number of hydrogen-bond donors (Lipinski definition) is 0. The van der Waals surface area contributed by atoms with E-state index >= 15 is 0 Å². The summed E-state index contributed by atoms with van der Waals surface area (Å²) < 4.78 is 73.4. The highest BCUT2D eigenvalue weighted by Crippen LogP contribution is 2.29. The van der Waals surface area contributed by atoms with Gasteiger partial charge in [0.1, 0.15) is 10.7 Å². The van der Waals surface area contributed by atoms with Crippen molar-refractivity contribution in [1.29, 1.82) is 0 Å². The van der Waals surface area contributed by atoms with Crippen molar-refractivity contribution in [2.45, 2.75) is 44.8 Å². The van der Waals surface area contributed by atoms with Crippen molar-refractivity contribution in [3.05, 3.63) is 47.0 Å². The highest BCUT2D eigenvalue weighted by Gasteiger charge is 2.35. The molecule has 150 valence electrons. The van der Waals surface area contributed by atoms with Crippen molar-refractivity contribution in [2.75, 3.05) is 13.7 Å². The standard InChI is InChI=1S/C17H22F3N3O3S/c1-11(10-26-4)22(9-14-7-5-6-8-15(14)18)27(24,25)16-12(2)21-23(13(16)3)17(19)20/h5-8,11,17H,9-10H2,1-4H3. The number of ether oxygens (including phenoxy) is 1. The summed E-state index contributed by atoms with van der Waals surface area (Å²) in [6.07, 6.45) is 0. The van der Waals surface area contributed by atoms with Gasteiger partial charge in [-0.15, -0.1) is 0 Å². The van der Waals surface area contributed by atoms with Gasteiger partial charge in [0, 0.05) is 25.3 Å². The Kier molecular flexibility index (Phi) is 6.66. The Balaban J connectivity index is 2.56. The van der Waals surface area contributed by atoms with E-state index in [0.717, 1.165) is 4.31 Å². The van der Waals surface area contributed by atoms with Crippen molar-refractivity contribution >= 4 is 10.0 Å². The molecule has 2 aromatic rings. The van der Waals surface area contributed by atoms with E-state index in [1.54, 1.807) is 13.0 Å². The van der Waals surface area contributed by atoms with Gasteiger partial charge in [-0.05, 0) is 26.8 Å². The topological polar surface area (TPSA) is 64.4 Å². The molecule has 1 atom stereocenters. The van der Waals surface area contributed by atoms with Gasteiger partial charge in [0.25, 0.3) is 0 Å². The van der Waals surface area contributed by atoms with E-state index in [2.05, 4.69) is 5.10 Å². The number of sulfonamides is 1. The average molecular weight is 405 g/mol. The molecule has 1 aromatic heterocycles. The lowest BCUT2D eigenvalue weighted by Gasteiger charge is -2.28. The van der Waals surface area contributed by atoms with Crippen molar-refractivity contribution < 1.29 is 26.3 Å². The summed E-state index contributed by atoms with van der Waals surface area (Å²) in [6.45, 7) is 1.03. The lowest BCUT2D eigenvalue weighted by Crippen LogP contribution is -2.41. The molecule has 0 aliphatic rings. The Morgan fingerprint density at radius 1 is 1.26 bits per heavy atom. The molecular weight excluding hydrogens is 383 g/mol. The first kappa shape index (κ1) is 21.4. The van der Waals surface area contributed by atoms with Crippen LogP contribution in [-0.2, 0) is 21.3 Å². The van der Waals surface area contributed by atoms with Gasteiger partial charge in [-0.2, -0.15) is 18.2 Å². The van der Waals surface area contributed by atoms with Crippen LogP contribution in [0.15, 0.2) is 29.2 Å². The number of alkyl halides is 2. The van der Waals surface area contributed by atoms with E-state index in [1.165, 1.54) is 39.2 Å². The molecule has 0 bridgehead atoms. The minimum atomic E-state index is -4.24. The molecule has 0 amide bonds. The van der Waals surface area contributed by atoms with Gasteiger partial charge in [0.15, 0.2) is 0 Å². The minimum absolute atomic E-state index is 0.0454. The average Bonchev–Trinajstić information content (AvgIpc) is 2.89. The third-order valence-corrected chi connectivity index (χ3v) is 6.41. The van der Waals surface area contributed by atoms with Gasteiger partial charge in [-0.25, -0.2) is 17.5 Å². The van der Waals surface area contributed by atoms with E-state index in [4.69, 9.17) is 4.74 Å². The fourth-order valence-corrected chi connectivity index (χ4v) is 4.88. The van der Waals surface area contributed by atoms with Crippen LogP contribution < -0.4 is 0 Å². The molecular formula is C17H22F3N3O3S. The minimum Gasteiger partial charge on any atom is -0.383 e. The summed E-state index contributed by atoms with van der Waals surface area (Å²) in [5.41, 5.74) is -0.0535. The molecule has 0 spiro atoms. The maximum absolute atomic E-state index is 14.1. The Hall–Kier alpha value is -1.91. The van der Waals surface area contributed by atoms with Crippen LogP contribution in [0.3, 0.4) is 0 Å². The van der Waals surface area contributed by atoms with Crippen molar-refractivity contribution in [3.63, 3.8) is 0 Å². The van der Waals surface area contributed by atoms with Crippen LogP contribution >= 0.6 is 0 Å². The number of aryl methyl sites for hydroxylation is 1. The zero-order valence-electron chi connectivity index (χ0n) is 15.5. The number of methoxy groups -OCH3 is 1. The van der Waals surface area contributed by atoms with E-state index in [1.807, 2.05) is 0 Å². The molecule has 27 heavy (non-hydrogen) atoms. The van der Waals surface area contributed by atoms with Crippen LogP contribution in [0.4, 0.5) is 13.2 Å². The van der Waals surface area contributed by atoms with Gasteiger partial charge >= 0.3 is 6.55 Å². The number of halogens is 3. The molecule has 0 aliphatic carbocycles. The predicted octanol–water partition coefficient (Wildman–Crippen LogP) is 3.26. The first-order chi connectivity index (χ1) is 12.6. The molecule has 0 aliphatic heterocycles. The Labute approximate surface area is 156 Å². The number of rotatable bonds is 8. The molecule has 10 heteroatoms. The molecule has 1 heterocycles. The molecule has 0 radical (unpaired) electrons. The van der Waals surface area contributed by atoms with Crippen molar-refractivity contribution in [2.24, 2.45) is 0 Å². The summed E-state index contributed by atoms with van der Waals surface area (Å²) in [5.74, 6) is -0.556. The van der Waals surface area contributed by atoms with Crippen molar-refractivity contribution in [1.82, 2.24) is 14.1 Å². The molecule has 2 rings (SSSR count). The number of aromatic nitrogens is 2. The van der Waals surface area contributed by atoms with Gasteiger partial charge < -0.3 is 4.74 Å². The lowest BCUT2D eigenvalue weighted by atomic mass is 10.2. The van der Waals surface area contributed by atoms with Crippen LogP contribution in [0.1, 0.15) is 30.4 Å². The van der Waals surface area contributed by atoms with E-state index in [9.17, 15) is 21.6 Å². The number of benzene rings is 1. The SMILES string of the molecule is COCC(C)N(Cc1ccccc1F)S(=O)(=O)c1c(C)nn(C(F)F)c1C. The molecule has 0 saturated carbocycles. The molecule has 1 unspecified atom stereocenters. The summed E-state index contributed by atoms with van der Waals surface area (Å²) in [5, 5.41) is 3.64. The number of hydrogen-bond acceptors (Lipinski definition) is 4. The van der Waals surface area contributed by atoms with Crippen molar-refractivity contribution in [3.8, 4) is 0 Å². The van der Waals surface area contributed by atoms with Crippen LogP contribution in [0, 0.1) is 19.7 Å². The fourth-order valence-electron chi connectivity index (χ4n) is 2.93. The number of nitrogens with zero attached hydrogens (tertiary/aromatic N) is 3. The third-order valence-electron chi connectivity index (χ3n) is 4.19. The Morgan fingerprint density at radius 3 is 2.41 bits per heavy atom. The predicted molar refractivity (Wildman–Crippen MR) is 93.4 cm³/mol. The van der Waals surface area contributed by atoms with Crippen LogP contribution in [-0.4, -0.2) is 42.3 Å². The first-order valence-corrected chi connectivity index (χ1v) is 9.63. The molecule has 1 aromatic carbocycles. The maximum Gasteiger partial charge on any atom is 0.333 e. The third kappa shape index (κ3) is 4.33. The maximum atomic E-state index is 14.1. The summed E-state index contributed by atoms with van der Waals surface area (Å²) in [7, 11) is -2.83. The summed E-state index contributed by atoms with van der Waals surface area (Å²) >= 11 is 0. The monoisotopic (exact) mass is 405 g/mol. The normalized spacial score (nSPS) is 13.5. The van der Waals surface area contributed by atoms with E-state index in [0.29, 0.717) is 4.68 Å². The van der Waals surface area contributed by atoms with E-state index < -0.39 is 28.4 Å². The van der Waals surface area contributed by atoms with Crippen LogP contribution in [0.2, 0.25) is 0 Å². The zero-order valence-corrected chi connectivity index (χ0v) is 16.3. The first-order valence-electron chi connectivity index (χ1n) is 8.19. The fraction of sp³-hybridized carbons (Fsp3) is 0.471. The van der Waals surface area contributed by atoms with Crippen LogP contribution in [0.5, 0.6) is 0 Å². The van der Waals surface area contributed by atoms with Gasteiger partial charge in [0.2, 0.25) is 10.0 Å². The zero-order chi connectivity index (χ0) is 20.4. The lowest BCUT2D eigenvalue weighted by molar-refractivity contribution is 0.0538. The molecule has 0 N–H and O–H groups in total. The second kappa shape index (κ2) is 8.41.